The molecule has 69 heavy (non-hydrogen) atoms. The number of rotatable bonds is 54. The molecule has 0 aromatic carbocycles. The third-order valence-corrected chi connectivity index (χ3v) is 13.6. The molecular formula is C63H115NO5. The van der Waals surface area contributed by atoms with Gasteiger partial charge in [-0.2, -0.15) is 0 Å². The van der Waals surface area contributed by atoms with Crippen LogP contribution in [0.2, 0.25) is 0 Å². The summed E-state index contributed by atoms with van der Waals surface area (Å²) >= 11 is 0. The summed E-state index contributed by atoms with van der Waals surface area (Å²) in [6.45, 7) is 6.46. The van der Waals surface area contributed by atoms with Crippen molar-refractivity contribution >= 4 is 11.9 Å². The zero-order valence-electron chi connectivity index (χ0n) is 45.9. The van der Waals surface area contributed by atoms with Crippen molar-refractivity contribution in [2.24, 2.45) is 0 Å². The first kappa shape index (κ1) is 66.6. The fourth-order valence-corrected chi connectivity index (χ4v) is 9.00. The van der Waals surface area contributed by atoms with Crippen molar-refractivity contribution in [3.8, 4) is 0 Å². The molecule has 0 heterocycles. The topological polar surface area (TPSA) is 95.9 Å². The molecule has 0 bridgehead atoms. The van der Waals surface area contributed by atoms with Crippen molar-refractivity contribution in [3.63, 3.8) is 0 Å². The smallest absolute Gasteiger partial charge is 0.306 e. The molecule has 0 aromatic rings. The predicted octanol–water partition coefficient (Wildman–Crippen LogP) is 18.7. The van der Waals surface area contributed by atoms with Gasteiger partial charge in [-0.15, -0.1) is 0 Å². The number of hydrogen-bond donors (Lipinski definition) is 3. The third kappa shape index (κ3) is 51.7. The quantitative estimate of drug-likeness (QED) is 0.0321. The minimum absolute atomic E-state index is 0.0396. The van der Waals surface area contributed by atoms with E-state index in [0.29, 0.717) is 19.3 Å². The molecule has 0 rings (SSSR count). The standard InChI is InChI=1S/C63H115NO5/c1-4-7-10-13-16-19-22-25-28-30-31-33-35-38-41-44-47-50-53-56-63(68)69-59(54-51-48-45-42-39-36-34-32-29-26-23-20-17-14-11-8-5-2)57-62(67)64-60(58-65)61(66)55-52-49-46-43-40-37-27-24-21-18-15-12-9-6-3/h17,20,25-26,28-29,34,36,42,45,59-61,65-66H,4-16,18-19,21-24,27,30-33,35,37-41,43-44,46-58H2,1-3H3,(H,64,67)/b20-17-,28-25+,29-26-,36-34-,45-42-. The van der Waals surface area contributed by atoms with E-state index in [4.69, 9.17) is 4.74 Å². The summed E-state index contributed by atoms with van der Waals surface area (Å²) in [5.74, 6) is -0.521. The maximum absolute atomic E-state index is 13.3. The van der Waals surface area contributed by atoms with Crippen LogP contribution >= 0.6 is 0 Å². The summed E-state index contributed by atoms with van der Waals surface area (Å²) < 4.78 is 5.94. The van der Waals surface area contributed by atoms with E-state index in [1.54, 1.807) is 0 Å². The van der Waals surface area contributed by atoms with Gasteiger partial charge in [0.05, 0.1) is 25.2 Å². The molecule has 3 N–H and O–H groups in total. The van der Waals surface area contributed by atoms with Gasteiger partial charge >= 0.3 is 5.97 Å². The summed E-state index contributed by atoms with van der Waals surface area (Å²) in [6.07, 6.45) is 71.5. The highest BCUT2D eigenvalue weighted by Crippen LogP contribution is 2.18. The van der Waals surface area contributed by atoms with Gasteiger partial charge < -0.3 is 20.3 Å². The van der Waals surface area contributed by atoms with Crippen LogP contribution in [-0.2, 0) is 14.3 Å². The number of esters is 1. The van der Waals surface area contributed by atoms with Crippen LogP contribution < -0.4 is 5.32 Å². The molecule has 0 spiro atoms. The fourth-order valence-electron chi connectivity index (χ4n) is 9.00. The van der Waals surface area contributed by atoms with Crippen LogP contribution in [0.5, 0.6) is 0 Å². The Labute approximate surface area is 428 Å². The van der Waals surface area contributed by atoms with Crippen molar-refractivity contribution in [1.82, 2.24) is 5.32 Å². The van der Waals surface area contributed by atoms with Gasteiger partial charge in [0.15, 0.2) is 0 Å². The first-order chi connectivity index (χ1) is 34.0. The molecule has 3 unspecified atom stereocenters. The van der Waals surface area contributed by atoms with Gasteiger partial charge in [0, 0.05) is 6.42 Å². The Morgan fingerprint density at radius 2 is 0.754 bits per heavy atom. The van der Waals surface area contributed by atoms with Gasteiger partial charge in [-0.05, 0) is 89.9 Å². The number of allylic oxidation sites excluding steroid dienone is 10. The first-order valence-corrected chi connectivity index (χ1v) is 30.0. The van der Waals surface area contributed by atoms with Crippen LogP contribution in [0.1, 0.15) is 303 Å². The molecule has 1 amide bonds. The molecule has 0 fully saturated rings. The lowest BCUT2D eigenvalue weighted by Gasteiger charge is -2.24. The van der Waals surface area contributed by atoms with Gasteiger partial charge in [0.2, 0.25) is 5.91 Å². The zero-order valence-corrected chi connectivity index (χ0v) is 45.9. The Bertz CT molecular complexity index is 1220. The molecule has 0 aliphatic carbocycles. The molecule has 0 aliphatic heterocycles. The molecule has 402 valence electrons. The molecule has 0 aromatic heterocycles. The van der Waals surface area contributed by atoms with Crippen LogP contribution in [0.25, 0.3) is 0 Å². The molecular weight excluding hydrogens is 851 g/mol. The van der Waals surface area contributed by atoms with Crippen molar-refractivity contribution in [1.29, 1.82) is 0 Å². The van der Waals surface area contributed by atoms with E-state index in [2.05, 4.69) is 86.8 Å². The van der Waals surface area contributed by atoms with E-state index in [-0.39, 0.29) is 24.9 Å². The Balaban J connectivity index is 4.63. The maximum atomic E-state index is 13.3. The number of nitrogens with one attached hydrogen (secondary N) is 1. The number of ether oxygens (including phenoxy) is 1. The second-order valence-electron chi connectivity index (χ2n) is 20.4. The number of aliphatic hydroxyl groups excluding tert-OH is 2. The van der Waals surface area contributed by atoms with Crippen molar-refractivity contribution < 1.29 is 24.5 Å². The average Bonchev–Trinajstić information content (AvgIpc) is 3.34. The van der Waals surface area contributed by atoms with Crippen molar-refractivity contribution in [2.45, 2.75) is 322 Å². The second kappa shape index (κ2) is 56.5. The lowest BCUT2D eigenvalue weighted by molar-refractivity contribution is -0.151. The average molecular weight is 967 g/mol. The van der Waals surface area contributed by atoms with E-state index in [1.165, 1.54) is 186 Å². The zero-order chi connectivity index (χ0) is 50.2. The highest BCUT2D eigenvalue weighted by Gasteiger charge is 2.24. The SMILES string of the molecule is CCCCC/C=C\C/C=C\C/C=C\C/C=C\CCCC(CC(=O)NC(CO)C(O)CCCCCCCCCCCCCCCC)OC(=O)CCCCCCCCCCC/C=C/CCCCCCCC. The monoisotopic (exact) mass is 966 g/mol. The van der Waals surface area contributed by atoms with E-state index in [0.717, 1.165) is 70.6 Å². The Morgan fingerprint density at radius 3 is 1.19 bits per heavy atom. The summed E-state index contributed by atoms with van der Waals surface area (Å²) in [7, 11) is 0. The molecule has 6 nitrogen and oxygen atoms in total. The lowest BCUT2D eigenvalue weighted by Crippen LogP contribution is -2.46. The Kier molecular flexibility index (Phi) is 54.5. The van der Waals surface area contributed by atoms with Crippen LogP contribution in [-0.4, -0.2) is 46.9 Å². The lowest BCUT2D eigenvalue weighted by atomic mass is 10.0. The van der Waals surface area contributed by atoms with E-state index in [1.807, 2.05) is 0 Å². The van der Waals surface area contributed by atoms with Crippen LogP contribution in [0.4, 0.5) is 0 Å². The number of amides is 1. The van der Waals surface area contributed by atoms with Crippen molar-refractivity contribution in [2.75, 3.05) is 6.61 Å². The van der Waals surface area contributed by atoms with E-state index >= 15 is 0 Å². The highest BCUT2D eigenvalue weighted by molar-refractivity contribution is 5.77. The molecule has 0 saturated heterocycles. The van der Waals surface area contributed by atoms with Gasteiger partial charge in [0.1, 0.15) is 6.10 Å². The number of hydrogen-bond acceptors (Lipinski definition) is 5. The van der Waals surface area contributed by atoms with Gasteiger partial charge in [-0.3, -0.25) is 9.59 Å². The maximum Gasteiger partial charge on any atom is 0.306 e. The summed E-state index contributed by atoms with van der Waals surface area (Å²) in [6, 6.07) is -0.721. The molecule has 6 heteroatoms. The number of aliphatic hydroxyl groups is 2. The molecule has 0 radical (unpaired) electrons. The predicted molar refractivity (Wildman–Crippen MR) is 301 cm³/mol. The van der Waals surface area contributed by atoms with E-state index < -0.39 is 18.2 Å². The summed E-state index contributed by atoms with van der Waals surface area (Å²) in [5, 5.41) is 23.9. The number of carbonyl (C=O) groups excluding carboxylic acids is 2. The highest BCUT2D eigenvalue weighted by atomic mass is 16.5. The Morgan fingerprint density at radius 1 is 0.420 bits per heavy atom. The fraction of sp³-hybridized carbons (Fsp3) is 0.810. The van der Waals surface area contributed by atoms with Crippen LogP contribution in [0.3, 0.4) is 0 Å². The third-order valence-electron chi connectivity index (χ3n) is 13.6. The number of carbonyl (C=O) groups is 2. The second-order valence-corrected chi connectivity index (χ2v) is 20.4. The number of unbranched alkanes of at least 4 members (excludes halogenated alkanes) is 32. The Hall–Kier alpha value is -2.44. The summed E-state index contributed by atoms with van der Waals surface area (Å²) in [5.41, 5.74) is 0. The van der Waals surface area contributed by atoms with Crippen LogP contribution in [0, 0.1) is 0 Å². The molecule has 0 saturated carbocycles. The van der Waals surface area contributed by atoms with Crippen molar-refractivity contribution in [3.05, 3.63) is 60.8 Å². The van der Waals surface area contributed by atoms with E-state index in [9.17, 15) is 19.8 Å². The van der Waals surface area contributed by atoms with Gasteiger partial charge in [0.25, 0.3) is 0 Å². The minimum Gasteiger partial charge on any atom is -0.462 e. The minimum atomic E-state index is -0.804. The summed E-state index contributed by atoms with van der Waals surface area (Å²) in [4.78, 5) is 26.3. The normalized spacial score (nSPS) is 13.5. The molecule has 3 atom stereocenters. The largest absolute Gasteiger partial charge is 0.462 e. The van der Waals surface area contributed by atoms with Gasteiger partial charge in [-0.25, -0.2) is 0 Å². The molecule has 0 aliphatic rings. The first-order valence-electron chi connectivity index (χ1n) is 30.0. The van der Waals surface area contributed by atoms with Crippen LogP contribution in [0.15, 0.2) is 60.8 Å². The van der Waals surface area contributed by atoms with Gasteiger partial charge in [-0.1, -0.05) is 261 Å².